The number of primary amides is 1. The van der Waals surface area contributed by atoms with Crippen LogP contribution in [0.1, 0.15) is 135 Å². The number of fused-ring (bicyclic) bond motifs is 2. The number of nitrogens with one attached hydrogen (secondary N) is 5. The van der Waals surface area contributed by atoms with Crippen LogP contribution in [-0.2, 0) is 55.2 Å². The van der Waals surface area contributed by atoms with Gasteiger partial charge < -0.3 is 87.2 Å². The number of aromatic hydroxyl groups is 1. The van der Waals surface area contributed by atoms with Gasteiger partial charge in [0, 0.05) is 44.7 Å². The van der Waals surface area contributed by atoms with Crippen LogP contribution in [-0.4, -0.2) is 203 Å². The standard InChI is InChI=1S/C51H82N8O20S/c1-4-5-6-7-8-9-10-11-12-13-14-15-16-17-39(67)53-31-23-36(65)47(71)57-49(73)43-44(68)27(2)25-59(43)51(75)42(35(64)24-38(52)66)56-48(72)41(34(63)20-29-18-19-33(62)37(21-29)79-80(76,77)78)55-46(70)32-22-30(61)26-58(32)50(74)40(28(3)60)54-45(31)69/h18-19,21,27-28,30-32,34-36,40-44,47,60-65,68,71H,4-17,20,22-26H2,1-3H3,(H2,52,66)(H,53,67)(H,54,69)(H,55,70)(H,56,72)(H,57,73)(H,76,77,78). The molecule has 3 aliphatic rings. The van der Waals surface area contributed by atoms with Crippen LogP contribution in [0.15, 0.2) is 18.2 Å². The van der Waals surface area contributed by atoms with E-state index in [4.69, 9.17) is 5.73 Å². The van der Waals surface area contributed by atoms with Crippen LogP contribution in [0, 0.1) is 5.92 Å². The number of rotatable bonds is 24. The minimum absolute atomic E-state index is 0.0968. The number of nitrogens with zero attached hydrogens (tertiary/aromatic N) is 2. The molecule has 0 saturated carbocycles. The van der Waals surface area contributed by atoms with Crippen molar-refractivity contribution in [3.05, 3.63) is 23.8 Å². The highest BCUT2D eigenvalue weighted by atomic mass is 32.3. The van der Waals surface area contributed by atoms with Crippen LogP contribution in [0.25, 0.3) is 0 Å². The fraction of sp³-hybridized carbons (Fsp3) is 0.725. The molecule has 4 rings (SSSR count). The number of phenolic OH excluding ortho intramolecular Hbond substituents is 1. The summed E-state index contributed by atoms with van der Waals surface area (Å²) in [6.45, 7) is 3.55. The summed E-state index contributed by atoms with van der Waals surface area (Å²) in [6, 6.07) is -9.31. The van der Waals surface area contributed by atoms with Crippen molar-refractivity contribution in [2.24, 2.45) is 11.7 Å². The van der Waals surface area contributed by atoms with Crippen LogP contribution in [0.3, 0.4) is 0 Å². The van der Waals surface area contributed by atoms with Gasteiger partial charge in [0.15, 0.2) is 17.7 Å². The van der Waals surface area contributed by atoms with E-state index in [2.05, 4.69) is 37.7 Å². The average Bonchev–Trinajstić information content (AvgIpc) is 3.92. The Morgan fingerprint density at radius 1 is 0.738 bits per heavy atom. The quantitative estimate of drug-likeness (QED) is 0.0360. The predicted molar refractivity (Wildman–Crippen MR) is 281 cm³/mol. The number of nitrogens with two attached hydrogens (primary N) is 1. The molecular formula is C51H82N8O20S. The van der Waals surface area contributed by atoms with Crippen LogP contribution >= 0.6 is 0 Å². The molecule has 1 aromatic rings. The van der Waals surface area contributed by atoms with Crippen molar-refractivity contribution >= 4 is 57.7 Å². The Balaban J connectivity index is 1.71. The second-order valence-corrected chi connectivity index (χ2v) is 22.2. The van der Waals surface area contributed by atoms with Gasteiger partial charge >= 0.3 is 10.4 Å². The zero-order chi connectivity index (χ0) is 59.6. The van der Waals surface area contributed by atoms with Crippen molar-refractivity contribution in [3.63, 3.8) is 0 Å². The highest BCUT2D eigenvalue weighted by molar-refractivity contribution is 7.81. The lowest BCUT2D eigenvalue weighted by Crippen LogP contribution is -2.64. The molecule has 28 nitrogen and oxygen atoms in total. The number of hydrogen-bond acceptors (Lipinski definition) is 19. The molecule has 14 atom stereocenters. The maximum Gasteiger partial charge on any atom is 0.446 e. The summed E-state index contributed by atoms with van der Waals surface area (Å²) in [4.78, 5) is 113. The lowest BCUT2D eigenvalue weighted by molar-refractivity contribution is -0.148. The summed E-state index contributed by atoms with van der Waals surface area (Å²) in [5.74, 6) is -12.4. The van der Waals surface area contributed by atoms with E-state index in [0.29, 0.717) is 17.7 Å². The minimum atomic E-state index is -5.23. The summed E-state index contributed by atoms with van der Waals surface area (Å²) in [7, 11) is -5.23. The first-order chi connectivity index (χ1) is 37.6. The van der Waals surface area contributed by atoms with Gasteiger partial charge in [-0.1, -0.05) is 97.0 Å². The molecule has 0 radical (unpaired) electrons. The Hall–Kier alpha value is -5.79. The van der Waals surface area contributed by atoms with E-state index >= 15 is 0 Å². The topological polar surface area (TPSA) is 455 Å². The molecule has 14 unspecified atom stereocenters. The van der Waals surface area contributed by atoms with Crippen molar-refractivity contribution in [3.8, 4) is 11.5 Å². The zero-order valence-electron chi connectivity index (χ0n) is 45.4. The first kappa shape index (κ1) is 66.7. The van der Waals surface area contributed by atoms with Gasteiger partial charge in [-0.3, -0.25) is 42.9 Å². The lowest BCUT2D eigenvalue weighted by Gasteiger charge is -2.34. The van der Waals surface area contributed by atoms with E-state index in [1.165, 1.54) is 45.4 Å². The fourth-order valence-electron chi connectivity index (χ4n) is 10.1. The van der Waals surface area contributed by atoms with E-state index in [1.807, 2.05) is 0 Å². The summed E-state index contributed by atoms with van der Waals surface area (Å²) in [5, 5.41) is 100. The maximum atomic E-state index is 14.6. The number of aliphatic hydroxyl groups is 7. The second-order valence-electron chi connectivity index (χ2n) is 21.2. The number of benzene rings is 1. The van der Waals surface area contributed by atoms with Gasteiger partial charge in [0.2, 0.25) is 47.3 Å². The van der Waals surface area contributed by atoms with Crippen molar-refractivity contribution in [1.82, 2.24) is 36.4 Å². The molecule has 3 heterocycles. The number of carbonyl (C=O) groups excluding carboxylic acids is 8. The zero-order valence-corrected chi connectivity index (χ0v) is 46.2. The third kappa shape index (κ3) is 20.0. The third-order valence-electron chi connectivity index (χ3n) is 14.5. The number of amides is 8. The smallest absolute Gasteiger partial charge is 0.446 e. The van der Waals surface area contributed by atoms with Crippen molar-refractivity contribution < 1.29 is 96.4 Å². The van der Waals surface area contributed by atoms with Gasteiger partial charge in [0.25, 0.3) is 0 Å². The van der Waals surface area contributed by atoms with Crippen LogP contribution < -0.4 is 36.5 Å². The normalized spacial score (nSPS) is 27.8. The molecule has 0 bridgehead atoms. The molecule has 0 spiro atoms. The SMILES string of the molecule is CCCCCCCCCCCCCCCC(=O)NC1CC(O)C(O)NC(=O)C2C(O)C(C)CN2C(=O)C(C(O)CC(N)=O)NC(=O)C(C(O)Cc2ccc(O)c(OS(=O)(=O)O)c2)NC(=O)C2CC(O)CN2C(=O)C(C(C)O)NC1=O. The molecule has 16 N–H and O–H groups in total. The maximum absolute atomic E-state index is 14.6. The lowest BCUT2D eigenvalue weighted by atomic mass is 9.98. The molecule has 452 valence electrons. The monoisotopic (exact) mass is 1160 g/mol. The highest BCUT2D eigenvalue weighted by Crippen LogP contribution is 2.30. The van der Waals surface area contributed by atoms with E-state index in [1.54, 1.807) is 0 Å². The Kier molecular flexibility index (Phi) is 26.2. The molecular weight excluding hydrogens is 1080 g/mol. The van der Waals surface area contributed by atoms with Gasteiger partial charge in [-0.25, -0.2) is 0 Å². The Bertz CT molecular complexity index is 2400. The molecule has 29 heteroatoms. The number of unbranched alkanes of at least 4 members (excludes halogenated alkanes) is 12. The average molecular weight is 1160 g/mol. The number of carbonyl (C=O) groups is 8. The summed E-state index contributed by atoms with van der Waals surface area (Å²) < 4.78 is 36.6. The molecule has 3 fully saturated rings. The van der Waals surface area contributed by atoms with Gasteiger partial charge in [0.05, 0.1) is 36.9 Å². The summed E-state index contributed by atoms with van der Waals surface area (Å²) in [5.41, 5.74) is 5.21. The van der Waals surface area contributed by atoms with Gasteiger partial charge in [0.1, 0.15) is 42.4 Å². The number of hydrogen-bond donors (Lipinski definition) is 15. The van der Waals surface area contributed by atoms with Crippen LogP contribution in [0.2, 0.25) is 0 Å². The molecule has 3 saturated heterocycles. The van der Waals surface area contributed by atoms with Crippen LogP contribution in [0.5, 0.6) is 11.5 Å². The van der Waals surface area contributed by atoms with Gasteiger partial charge in [-0.2, -0.15) is 8.42 Å². The molecule has 8 amide bonds. The van der Waals surface area contributed by atoms with Crippen molar-refractivity contribution in [1.29, 1.82) is 0 Å². The molecule has 1 aromatic carbocycles. The van der Waals surface area contributed by atoms with E-state index in [0.717, 1.165) is 62.1 Å². The molecule has 0 aromatic heterocycles. The van der Waals surface area contributed by atoms with Crippen LogP contribution in [0.4, 0.5) is 0 Å². The number of phenols is 1. The highest BCUT2D eigenvalue weighted by Gasteiger charge is 2.50. The molecule has 3 aliphatic heterocycles. The summed E-state index contributed by atoms with van der Waals surface area (Å²) in [6.07, 6.45) is -3.75. The predicted octanol–water partition coefficient (Wildman–Crippen LogP) is -3.12. The van der Waals surface area contributed by atoms with Crippen molar-refractivity contribution in [2.75, 3.05) is 13.1 Å². The minimum Gasteiger partial charge on any atom is -0.504 e. The van der Waals surface area contributed by atoms with E-state index in [9.17, 15) is 92.2 Å². The van der Waals surface area contributed by atoms with E-state index < -0.39 is 193 Å². The van der Waals surface area contributed by atoms with E-state index in [-0.39, 0.29) is 12.0 Å². The fourth-order valence-corrected chi connectivity index (χ4v) is 10.4. The van der Waals surface area contributed by atoms with Gasteiger partial charge in [-0.05, 0) is 31.0 Å². The first-order valence-corrected chi connectivity index (χ1v) is 28.7. The second kappa shape index (κ2) is 31.4. The Morgan fingerprint density at radius 2 is 1.30 bits per heavy atom. The first-order valence-electron chi connectivity index (χ1n) is 27.3. The van der Waals surface area contributed by atoms with Crippen molar-refractivity contribution in [2.45, 2.75) is 215 Å². The molecule has 80 heavy (non-hydrogen) atoms. The Morgan fingerprint density at radius 3 is 1.88 bits per heavy atom. The third-order valence-corrected chi connectivity index (χ3v) is 14.9. The molecule has 0 aliphatic carbocycles. The number of aliphatic hydroxyl groups excluding tert-OH is 7. The Labute approximate surface area is 464 Å². The van der Waals surface area contributed by atoms with Gasteiger partial charge in [-0.15, -0.1) is 0 Å². The largest absolute Gasteiger partial charge is 0.504 e. The summed E-state index contributed by atoms with van der Waals surface area (Å²) >= 11 is 0.